The summed E-state index contributed by atoms with van der Waals surface area (Å²) in [6.45, 7) is 4.67. The molecule has 0 saturated heterocycles. The smallest absolute Gasteiger partial charge is 0.00905 e. The van der Waals surface area contributed by atoms with Crippen molar-refractivity contribution in [2.75, 3.05) is 11.1 Å². The fourth-order valence-corrected chi connectivity index (χ4v) is 3.35. The van der Waals surface area contributed by atoms with Gasteiger partial charge in [-0.2, -0.15) is 11.8 Å². The minimum absolute atomic E-state index is 0.479. The van der Waals surface area contributed by atoms with Crippen LogP contribution in [0.1, 0.15) is 39.5 Å². The molecule has 0 amide bonds. The van der Waals surface area contributed by atoms with Crippen LogP contribution in [-0.2, 0) is 0 Å². The van der Waals surface area contributed by atoms with E-state index < -0.39 is 0 Å². The summed E-state index contributed by atoms with van der Waals surface area (Å²) < 4.78 is 0. The van der Waals surface area contributed by atoms with Gasteiger partial charge in [0.05, 0.1) is 0 Å². The average molecular weight is 251 g/mol. The Labute approximate surface area is 89.0 Å². The Balaban J connectivity index is 2.15. The van der Waals surface area contributed by atoms with Crippen LogP contribution >= 0.6 is 27.7 Å². The summed E-state index contributed by atoms with van der Waals surface area (Å²) in [6, 6.07) is 0. The molecule has 0 N–H and O–H groups in total. The van der Waals surface area contributed by atoms with E-state index in [-0.39, 0.29) is 0 Å². The summed E-state index contributed by atoms with van der Waals surface area (Å²) in [5.41, 5.74) is 0.479. The van der Waals surface area contributed by atoms with Crippen LogP contribution in [0.25, 0.3) is 0 Å². The molecule has 2 heteroatoms. The number of hydrogen-bond donors (Lipinski definition) is 0. The van der Waals surface area contributed by atoms with Crippen molar-refractivity contribution in [2.24, 2.45) is 5.41 Å². The number of thioether (sulfide) groups is 1. The van der Waals surface area contributed by atoms with E-state index in [1.54, 1.807) is 0 Å². The standard InChI is InChI=1S/C10H19BrS/c1-10(2,7-11)8-12-9-5-3-4-6-9/h9H,3-8H2,1-2H3. The second kappa shape index (κ2) is 4.90. The molecule has 0 aromatic rings. The molecule has 0 spiro atoms. The monoisotopic (exact) mass is 250 g/mol. The predicted octanol–water partition coefficient (Wildman–Crippen LogP) is 4.08. The first kappa shape index (κ1) is 10.9. The van der Waals surface area contributed by atoms with Crippen LogP contribution in [0.5, 0.6) is 0 Å². The zero-order valence-corrected chi connectivity index (χ0v) is 10.5. The molecule has 1 rings (SSSR count). The lowest BCUT2D eigenvalue weighted by molar-refractivity contribution is 0.495. The maximum atomic E-state index is 3.57. The topological polar surface area (TPSA) is 0 Å². The summed E-state index contributed by atoms with van der Waals surface area (Å²) in [6.07, 6.45) is 5.85. The Morgan fingerprint density at radius 3 is 2.42 bits per heavy atom. The Kier molecular flexibility index (Phi) is 4.45. The van der Waals surface area contributed by atoms with Crippen LogP contribution in [0.2, 0.25) is 0 Å². The molecule has 0 radical (unpaired) electrons. The third-order valence-corrected chi connectivity index (χ3v) is 5.78. The summed E-state index contributed by atoms with van der Waals surface area (Å²) in [4.78, 5) is 0. The Morgan fingerprint density at radius 2 is 1.92 bits per heavy atom. The molecule has 0 aromatic carbocycles. The molecular formula is C10H19BrS. The van der Waals surface area contributed by atoms with Crippen molar-refractivity contribution in [2.45, 2.75) is 44.8 Å². The number of alkyl halides is 1. The molecule has 0 atom stereocenters. The van der Waals surface area contributed by atoms with Crippen molar-refractivity contribution in [3.8, 4) is 0 Å². The normalized spacial score (nSPS) is 20.2. The highest BCUT2D eigenvalue weighted by atomic mass is 79.9. The molecule has 72 valence electrons. The van der Waals surface area contributed by atoms with Gasteiger partial charge in [-0.3, -0.25) is 0 Å². The van der Waals surface area contributed by atoms with Gasteiger partial charge in [0.15, 0.2) is 0 Å². The van der Waals surface area contributed by atoms with E-state index in [1.807, 2.05) is 0 Å². The minimum Gasteiger partial charge on any atom is -0.158 e. The molecule has 1 saturated carbocycles. The molecule has 0 nitrogen and oxygen atoms in total. The van der Waals surface area contributed by atoms with Gasteiger partial charge in [0.1, 0.15) is 0 Å². The van der Waals surface area contributed by atoms with Crippen molar-refractivity contribution in [3.63, 3.8) is 0 Å². The van der Waals surface area contributed by atoms with Gasteiger partial charge in [-0.25, -0.2) is 0 Å². The van der Waals surface area contributed by atoms with Crippen LogP contribution in [0.3, 0.4) is 0 Å². The highest BCUT2D eigenvalue weighted by molar-refractivity contribution is 9.09. The van der Waals surface area contributed by atoms with Crippen LogP contribution < -0.4 is 0 Å². The van der Waals surface area contributed by atoms with Crippen molar-refractivity contribution in [3.05, 3.63) is 0 Å². The highest BCUT2D eigenvalue weighted by Crippen LogP contribution is 2.34. The lowest BCUT2D eigenvalue weighted by atomic mass is 10.0. The maximum Gasteiger partial charge on any atom is 0.00905 e. The Bertz CT molecular complexity index is 128. The van der Waals surface area contributed by atoms with Gasteiger partial charge in [-0.15, -0.1) is 0 Å². The largest absolute Gasteiger partial charge is 0.158 e. The van der Waals surface area contributed by atoms with Gasteiger partial charge >= 0.3 is 0 Å². The molecule has 1 aliphatic carbocycles. The van der Waals surface area contributed by atoms with E-state index in [1.165, 1.54) is 31.4 Å². The van der Waals surface area contributed by atoms with E-state index in [2.05, 4.69) is 41.5 Å². The highest BCUT2D eigenvalue weighted by Gasteiger charge is 2.21. The van der Waals surface area contributed by atoms with Gasteiger partial charge in [0.2, 0.25) is 0 Å². The van der Waals surface area contributed by atoms with Crippen molar-refractivity contribution < 1.29 is 0 Å². The second-order valence-electron chi connectivity index (χ2n) is 4.52. The maximum absolute atomic E-state index is 3.57. The van der Waals surface area contributed by atoms with Crippen LogP contribution in [0.4, 0.5) is 0 Å². The van der Waals surface area contributed by atoms with Gasteiger partial charge < -0.3 is 0 Å². The fourth-order valence-electron chi connectivity index (χ4n) is 1.44. The summed E-state index contributed by atoms with van der Waals surface area (Å²) in [7, 11) is 0. The molecule has 0 heterocycles. The van der Waals surface area contributed by atoms with Crippen molar-refractivity contribution in [1.29, 1.82) is 0 Å². The molecule has 1 fully saturated rings. The number of halogens is 1. The third kappa shape index (κ3) is 3.69. The summed E-state index contributed by atoms with van der Waals surface area (Å²) in [5, 5.41) is 2.10. The summed E-state index contributed by atoms with van der Waals surface area (Å²) >= 11 is 5.75. The van der Waals surface area contributed by atoms with Gasteiger partial charge in [-0.1, -0.05) is 42.6 Å². The van der Waals surface area contributed by atoms with Gasteiger partial charge in [0, 0.05) is 10.6 Å². The fraction of sp³-hybridized carbons (Fsp3) is 1.00. The molecule has 0 aromatic heterocycles. The third-order valence-electron chi connectivity index (χ3n) is 2.37. The van der Waals surface area contributed by atoms with Crippen molar-refractivity contribution >= 4 is 27.7 Å². The molecule has 0 bridgehead atoms. The molecule has 0 unspecified atom stereocenters. The Hall–Kier alpha value is 0.830. The predicted molar refractivity (Wildman–Crippen MR) is 62.3 cm³/mol. The van der Waals surface area contributed by atoms with E-state index in [9.17, 15) is 0 Å². The molecule has 12 heavy (non-hydrogen) atoms. The molecular weight excluding hydrogens is 232 g/mol. The van der Waals surface area contributed by atoms with E-state index >= 15 is 0 Å². The Morgan fingerprint density at radius 1 is 1.33 bits per heavy atom. The SMILES string of the molecule is CC(C)(CBr)CSC1CCCC1. The first-order valence-electron chi connectivity index (χ1n) is 4.82. The number of rotatable bonds is 4. The van der Waals surface area contributed by atoms with E-state index in [0.29, 0.717) is 5.41 Å². The zero-order valence-electron chi connectivity index (χ0n) is 8.11. The number of hydrogen-bond acceptors (Lipinski definition) is 1. The first-order valence-corrected chi connectivity index (χ1v) is 6.99. The zero-order chi connectivity index (χ0) is 9.03. The van der Waals surface area contributed by atoms with Crippen LogP contribution in [-0.4, -0.2) is 16.3 Å². The van der Waals surface area contributed by atoms with Crippen LogP contribution in [0, 0.1) is 5.41 Å². The lowest BCUT2D eigenvalue weighted by Gasteiger charge is -2.22. The molecule has 0 aliphatic heterocycles. The lowest BCUT2D eigenvalue weighted by Crippen LogP contribution is -2.17. The van der Waals surface area contributed by atoms with Gasteiger partial charge in [-0.05, 0) is 24.0 Å². The minimum atomic E-state index is 0.479. The molecule has 1 aliphatic rings. The quantitative estimate of drug-likeness (QED) is 0.678. The van der Waals surface area contributed by atoms with Crippen LogP contribution in [0.15, 0.2) is 0 Å². The van der Waals surface area contributed by atoms with E-state index in [4.69, 9.17) is 0 Å². The average Bonchev–Trinajstić information content (AvgIpc) is 2.53. The van der Waals surface area contributed by atoms with Crippen molar-refractivity contribution in [1.82, 2.24) is 0 Å². The van der Waals surface area contributed by atoms with E-state index in [0.717, 1.165) is 10.6 Å². The summed E-state index contributed by atoms with van der Waals surface area (Å²) in [5.74, 6) is 1.31. The van der Waals surface area contributed by atoms with Gasteiger partial charge in [0.25, 0.3) is 0 Å². The first-order chi connectivity index (χ1) is 5.64. The second-order valence-corrected chi connectivity index (χ2v) is 6.36.